The standard InChI is InChI=1S/C26H25ClN2O4S/c1-33-21-7-4-6-20(18-21)25-10-5-17-29(25)26(30)16-13-19-11-14-22(15-12-19)34(31,32)28-24-9-3-2-8-23(24)27/h2-4,6-9,11-16,18,25,28H,5,10,17H2,1H3/b16-13+. The molecule has 0 saturated carbocycles. The van der Waals surface area contributed by atoms with Crippen LogP contribution in [0, 0.1) is 0 Å². The first-order valence-electron chi connectivity index (χ1n) is 10.9. The van der Waals surface area contributed by atoms with Crippen LogP contribution in [0.3, 0.4) is 0 Å². The summed E-state index contributed by atoms with van der Waals surface area (Å²) < 4.78 is 33.1. The minimum Gasteiger partial charge on any atom is -0.497 e. The lowest BCUT2D eigenvalue weighted by molar-refractivity contribution is -0.126. The van der Waals surface area contributed by atoms with E-state index >= 15 is 0 Å². The number of para-hydroxylation sites is 1. The van der Waals surface area contributed by atoms with Gasteiger partial charge in [-0.25, -0.2) is 8.42 Å². The van der Waals surface area contributed by atoms with E-state index in [-0.39, 0.29) is 16.8 Å². The number of nitrogens with zero attached hydrogens (tertiary/aromatic N) is 1. The lowest BCUT2D eigenvalue weighted by Gasteiger charge is -2.24. The Morgan fingerprint density at radius 1 is 1.09 bits per heavy atom. The van der Waals surface area contributed by atoms with Gasteiger partial charge in [0.15, 0.2) is 0 Å². The SMILES string of the molecule is COc1cccc(C2CCCN2C(=O)/C=C/c2ccc(S(=O)(=O)Nc3ccccc3Cl)cc2)c1. The molecule has 1 heterocycles. The summed E-state index contributed by atoms with van der Waals surface area (Å²) in [4.78, 5) is 14.9. The van der Waals surface area contributed by atoms with Gasteiger partial charge in [0.2, 0.25) is 5.91 Å². The van der Waals surface area contributed by atoms with Gasteiger partial charge in [-0.3, -0.25) is 9.52 Å². The number of hydrogen-bond acceptors (Lipinski definition) is 4. The van der Waals surface area contributed by atoms with Gasteiger partial charge < -0.3 is 9.64 Å². The second-order valence-corrected chi connectivity index (χ2v) is 10.0. The van der Waals surface area contributed by atoms with Gasteiger partial charge in [-0.05, 0) is 66.4 Å². The minimum absolute atomic E-state index is 0.00986. The van der Waals surface area contributed by atoms with Crippen LogP contribution in [0.5, 0.6) is 5.75 Å². The predicted molar refractivity (Wildman–Crippen MR) is 134 cm³/mol. The molecule has 0 bridgehead atoms. The van der Waals surface area contributed by atoms with E-state index in [2.05, 4.69) is 4.72 Å². The molecule has 1 atom stereocenters. The summed E-state index contributed by atoms with van der Waals surface area (Å²) in [5.74, 6) is 0.689. The number of carbonyl (C=O) groups is 1. The molecular weight excluding hydrogens is 472 g/mol. The van der Waals surface area contributed by atoms with Crippen LogP contribution in [-0.2, 0) is 14.8 Å². The summed E-state index contributed by atoms with van der Waals surface area (Å²) in [5, 5.41) is 0.318. The van der Waals surface area contributed by atoms with Gasteiger partial charge in [-0.2, -0.15) is 0 Å². The van der Waals surface area contributed by atoms with Crippen molar-refractivity contribution in [3.63, 3.8) is 0 Å². The fourth-order valence-electron chi connectivity index (χ4n) is 3.99. The molecule has 1 saturated heterocycles. The van der Waals surface area contributed by atoms with Crippen molar-refractivity contribution < 1.29 is 17.9 Å². The monoisotopic (exact) mass is 496 g/mol. The maximum Gasteiger partial charge on any atom is 0.261 e. The number of methoxy groups -OCH3 is 1. The highest BCUT2D eigenvalue weighted by Gasteiger charge is 2.29. The summed E-state index contributed by atoms with van der Waals surface area (Å²) in [5.41, 5.74) is 2.09. The molecule has 1 aliphatic rings. The molecule has 34 heavy (non-hydrogen) atoms. The Hall–Kier alpha value is -3.29. The highest BCUT2D eigenvalue weighted by molar-refractivity contribution is 7.92. The summed E-state index contributed by atoms with van der Waals surface area (Å²) in [7, 11) is -2.16. The predicted octanol–water partition coefficient (Wildman–Crippen LogP) is 5.53. The minimum atomic E-state index is -3.78. The van der Waals surface area contributed by atoms with E-state index < -0.39 is 10.0 Å². The molecule has 1 N–H and O–H groups in total. The average molecular weight is 497 g/mol. The molecule has 1 fully saturated rings. The van der Waals surface area contributed by atoms with Crippen LogP contribution in [0.15, 0.2) is 83.8 Å². The van der Waals surface area contributed by atoms with Gasteiger partial charge in [0.1, 0.15) is 5.75 Å². The van der Waals surface area contributed by atoms with Crippen molar-refractivity contribution in [1.29, 1.82) is 0 Å². The maximum absolute atomic E-state index is 12.9. The van der Waals surface area contributed by atoms with Crippen LogP contribution in [-0.4, -0.2) is 32.9 Å². The summed E-state index contributed by atoms with van der Waals surface area (Å²) in [6, 6.07) is 20.8. The first-order valence-corrected chi connectivity index (χ1v) is 12.7. The number of anilines is 1. The molecule has 1 aliphatic heterocycles. The first kappa shape index (κ1) is 23.9. The van der Waals surface area contributed by atoms with Crippen molar-refractivity contribution in [2.24, 2.45) is 0 Å². The van der Waals surface area contributed by atoms with Crippen molar-refractivity contribution in [3.05, 3.63) is 95.0 Å². The molecule has 3 aromatic carbocycles. The molecule has 0 aliphatic carbocycles. The van der Waals surface area contributed by atoms with Gasteiger partial charge >= 0.3 is 0 Å². The Kier molecular flexibility index (Phi) is 7.24. The Labute approximate surface area is 204 Å². The Balaban J connectivity index is 1.44. The van der Waals surface area contributed by atoms with E-state index in [9.17, 15) is 13.2 Å². The Morgan fingerprint density at radius 3 is 2.59 bits per heavy atom. The number of halogens is 1. The second kappa shape index (κ2) is 10.3. The van der Waals surface area contributed by atoms with Crippen molar-refractivity contribution in [2.75, 3.05) is 18.4 Å². The highest BCUT2D eigenvalue weighted by atomic mass is 35.5. The number of ether oxygens (including phenoxy) is 1. The van der Waals surface area contributed by atoms with Gasteiger partial charge in [0, 0.05) is 12.6 Å². The van der Waals surface area contributed by atoms with Crippen molar-refractivity contribution in [3.8, 4) is 5.75 Å². The van der Waals surface area contributed by atoms with E-state index in [4.69, 9.17) is 16.3 Å². The quantitative estimate of drug-likeness (QED) is 0.436. The van der Waals surface area contributed by atoms with Gasteiger partial charge in [-0.1, -0.05) is 48.0 Å². The highest BCUT2D eigenvalue weighted by Crippen LogP contribution is 2.33. The number of amides is 1. The van der Waals surface area contributed by atoms with Crippen LogP contribution in [0.1, 0.15) is 30.0 Å². The average Bonchev–Trinajstić information content (AvgIpc) is 3.34. The molecule has 1 amide bonds. The molecule has 176 valence electrons. The topological polar surface area (TPSA) is 75.7 Å². The van der Waals surface area contributed by atoms with Crippen LogP contribution in [0.25, 0.3) is 6.08 Å². The molecule has 4 rings (SSSR count). The van der Waals surface area contributed by atoms with E-state index in [0.29, 0.717) is 17.3 Å². The third-order valence-corrected chi connectivity index (χ3v) is 7.45. The van der Waals surface area contributed by atoms with Gasteiger partial charge in [-0.15, -0.1) is 0 Å². The van der Waals surface area contributed by atoms with Crippen molar-refractivity contribution >= 4 is 39.3 Å². The first-order chi connectivity index (χ1) is 16.4. The largest absolute Gasteiger partial charge is 0.497 e. The van der Waals surface area contributed by atoms with Gasteiger partial charge in [0.25, 0.3) is 10.0 Å². The zero-order valence-electron chi connectivity index (χ0n) is 18.6. The van der Waals surface area contributed by atoms with E-state index in [1.807, 2.05) is 29.2 Å². The number of carbonyl (C=O) groups excluding carboxylic acids is 1. The van der Waals surface area contributed by atoms with Crippen LogP contribution >= 0.6 is 11.6 Å². The summed E-state index contributed by atoms with van der Waals surface area (Å²) in [6.45, 7) is 0.690. The molecule has 0 aromatic heterocycles. The second-order valence-electron chi connectivity index (χ2n) is 7.95. The Morgan fingerprint density at radius 2 is 1.85 bits per heavy atom. The molecule has 0 radical (unpaired) electrons. The molecule has 0 spiro atoms. The number of likely N-dealkylation sites (tertiary alicyclic amines) is 1. The molecule has 1 unspecified atom stereocenters. The van der Waals surface area contributed by atoms with Crippen LogP contribution in [0.2, 0.25) is 5.02 Å². The number of nitrogens with one attached hydrogen (secondary N) is 1. The lowest BCUT2D eigenvalue weighted by atomic mass is 10.0. The zero-order chi connectivity index (χ0) is 24.1. The third-order valence-electron chi connectivity index (χ3n) is 5.74. The fourth-order valence-corrected chi connectivity index (χ4v) is 5.31. The number of rotatable bonds is 7. The number of benzene rings is 3. The smallest absolute Gasteiger partial charge is 0.261 e. The summed E-state index contributed by atoms with van der Waals surface area (Å²) in [6.07, 6.45) is 5.06. The van der Waals surface area contributed by atoms with Crippen LogP contribution < -0.4 is 9.46 Å². The van der Waals surface area contributed by atoms with Crippen LogP contribution in [0.4, 0.5) is 5.69 Å². The fraction of sp³-hybridized carbons (Fsp3) is 0.192. The zero-order valence-corrected chi connectivity index (χ0v) is 20.2. The summed E-state index contributed by atoms with van der Waals surface area (Å²) >= 11 is 6.05. The number of sulfonamides is 1. The maximum atomic E-state index is 12.9. The molecule has 6 nitrogen and oxygen atoms in total. The van der Waals surface area contributed by atoms with Crippen molar-refractivity contribution in [2.45, 2.75) is 23.8 Å². The Bertz CT molecular complexity index is 1310. The molecule has 3 aromatic rings. The normalized spacial score (nSPS) is 16.1. The number of hydrogen-bond donors (Lipinski definition) is 1. The van der Waals surface area contributed by atoms with Crippen molar-refractivity contribution in [1.82, 2.24) is 4.90 Å². The lowest BCUT2D eigenvalue weighted by Crippen LogP contribution is -2.28. The molecular formula is C26H25ClN2O4S. The van der Waals surface area contributed by atoms with E-state index in [0.717, 1.165) is 29.7 Å². The van der Waals surface area contributed by atoms with E-state index in [1.165, 1.54) is 18.2 Å². The van der Waals surface area contributed by atoms with E-state index in [1.54, 1.807) is 49.6 Å². The molecule has 8 heteroatoms. The van der Waals surface area contributed by atoms with Gasteiger partial charge in [0.05, 0.1) is 28.8 Å². The third kappa shape index (κ3) is 5.43.